The Morgan fingerprint density at radius 1 is 1.50 bits per heavy atom. The Bertz CT molecular complexity index is 478. The molecular formula is C15H22ClN3O. The molecule has 1 fully saturated rings. The molecule has 2 N–H and O–H groups in total. The summed E-state index contributed by atoms with van der Waals surface area (Å²) in [5.41, 5.74) is 2.11. The first-order valence-electron chi connectivity index (χ1n) is 7.16. The van der Waals surface area contributed by atoms with Gasteiger partial charge < -0.3 is 15.5 Å². The van der Waals surface area contributed by atoms with Crippen LogP contribution in [0.5, 0.6) is 0 Å². The molecule has 1 aromatic carbocycles. The van der Waals surface area contributed by atoms with E-state index in [1.165, 1.54) is 0 Å². The second kappa shape index (κ2) is 6.95. The smallest absolute Gasteiger partial charge is 0.239 e. The Balaban J connectivity index is 2.10. The van der Waals surface area contributed by atoms with Gasteiger partial charge in [0.2, 0.25) is 5.91 Å². The molecule has 0 aromatic heterocycles. The third kappa shape index (κ3) is 3.64. The minimum Gasteiger partial charge on any atom is -0.360 e. The van der Waals surface area contributed by atoms with Crippen LogP contribution in [0, 0.1) is 0 Å². The van der Waals surface area contributed by atoms with E-state index in [1.54, 1.807) is 0 Å². The largest absolute Gasteiger partial charge is 0.360 e. The van der Waals surface area contributed by atoms with Crippen LogP contribution in [0.4, 0.5) is 5.69 Å². The van der Waals surface area contributed by atoms with Crippen LogP contribution in [0.15, 0.2) is 18.2 Å². The van der Waals surface area contributed by atoms with Crippen molar-refractivity contribution in [2.45, 2.75) is 26.3 Å². The zero-order valence-electron chi connectivity index (χ0n) is 12.1. The highest BCUT2D eigenvalue weighted by Crippen LogP contribution is 2.28. The van der Waals surface area contributed by atoms with Crippen LogP contribution in [-0.4, -0.2) is 32.1 Å². The molecule has 110 valence electrons. The number of nitrogens with zero attached hydrogens (tertiary/aromatic N) is 1. The van der Waals surface area contributed by atoms with Gasteiger partial charge in [0.1, 0.15) is 0 Å². The summed E-state index contributed by atoms with van der Waals surface area (Å²) >= 11 is 6.39. The molecular weight excluding hydrogens is 274 g/mol. The van der Waals surface area contributed by atoms with Crippen molar-refractivity contribution in [1.29, 1.82) is 0 Å². The summed E-state index contributed by atoms with van der Waals surface area (Å²) < 4.78 is 0. The number of hydrogen-bond donors (Lipinski definition) is 2. The van der Waals surface area contributed by atoms with Gasteiger partial charge in [-0.1, -0.05) is 24.6 Å². The Hall–Kier alpha value is -1.26. The van der Waals surface area contributed by atoms with E-state index in [0.717, 1.165) is 35.8 Å². The summed E-state index contributed by atoms with van der Waals surface area (Å²) in [6.07, 6.45) is 1.10. The van der Waals surface area contributed by atoms with Gasteiger partial charge >= 0.3 is 0 Å². The highest BCUT2D eigenvalue weighted by molar-refractivity contribution is 6.31. The first-order valence-corrected chi connectivity index (χ1v) is 7.54. The quantitative estimate of drug-likeness (QED) is 0.876. The van der Waals surface area contributed by atoms with E-state index >= 15 is 0 Å². The van der Waals surface area contributed by atoms with E-state index in [0.29, 0.717) is 13.1 Å². The summed E-state index contributed by atoms with van der Waals surface area (Å²) in [5, 5.41) is 7.01. The van der Waals surface area contributed by atoms with Crippen LogP contribution in [-0.2, 0) is 4.79 Å². The van der Waals surface area contributed by atoms with Crippen molar-refractivity contribution < 1.29 is 4.79 Å². The van der Waals surface area contributed by atoms with Crippen LogP contribution >= 0.6 is 11.6 Å². The lowest BCUT2D eigenvalue weighted by molar-refractivity contribution is -0.120. The van der Waals surface area contributed by atoms with Gasteiger partial charge in [-0.2, -0.15) is 0 Å². The van der Waals surface area contributed by atoms with Crippen molar-refractivity contribution in [3.63, 3.8) is 0 Å². The summed E-state index contributed by atoms with van der Waals surface area (Å²) in [4.78, 5) is 13.5. The molecule has 1 unspecified atom stereocenters. The monoisotopic (exact) mass is 295 g/mol. The van der Waals surface area contributed by atoms with Gasteiger partial charge in [0.05, 0.1) is 6.54 Å². The number of hydrogen-bond acceptors (Lipinski definition) is 3. The number of benzene rings is 1. The molecule has 0 saturated carbocycles. The first kappa shape index (κ1) is 15.1. The van der Waals surface area contributed by atoms with E-state index < -0.39 is 0 Å². The third-order valence-corrected chi connectivity index (χ3v) is 3.88. The number of amides is 1. The molecule has 2 rings (SSSR count). The minimum atomic E-state index is 0.0643. The topological polar surface area (TPSA) is 44.4 Å². The lowest BCUT2D eigenvalue weighted by atomic mass is 10.1. The maximum absolute atomic E-state index is 11.4. The fraction of sp³-hybridized carbons (Fsp3) is 0.533. The molecule has 20 heavy (non-hydrogen) atoms. The molecule has 1 saturated heterocycles. The molecule has 0 spiro atoms. The van der Waals surface area contributed by atoms with Crippen molar-refractivity contribution in [1.82, 2.24) is 10.6 Å². The van der Waals surface area contributed by atoms with Gasteiger partial charge in [0, 0.05) is 29.8 Å². The Morgan fingerprint density at radius 2 is 2.30 bits per heavy atom. The van der Waals surface area contributed by atoms with Crippen molar-refractivity contribution in [3.05, 3.63) is 28.8 Å². The molecule has 0 aliphatic carbocycles. The highest BCUT2D eigenvalue weighted by Gasteiger charge is 2.18. The normalized spacial score (nSPS) is 16.9. The van der Waals surface area contributed by atoms with Gasteiger partial charge in [0.25, 0.3) is 0 Å². The molecule has 0 radical (unpaired) electrons. The van der Waals surface area contributed by atoms with Crippen LogP contribution in [0.3, 0.4) is 0 Å². The first-order chi connectivity index (χ1) is 9.61. The van der Waals surface area contributed by atoms with E-state index in [1.807, 2.05) is 12.1 Å². The number of carbonyl (C=O) groups is 1. The summed E-state index contributed by atoms with van der Waals surface area (Å²) in [6, 6.07) is 6.29. The van der Waals surface area contributed by atoms with Gasteiger partial charge in [-0.05, 0) is 37.6 Å². The zero-order valence-corrected chi connectivity index (χ0v) is 12.8. The number of nitrogens with one attached hydrogen (secondary N) is 2. The number of anilines is 1. The maximum atomic E-state index is 11.4. The van der Waals surface area contributed by atoms with Gasteiger partial charge in [-0.25, -0.2) is 0 Å². The number of carbonyl (C=O) groups excluding carboxylic acids is 1. The van der Waals surface area contributed by atoms with E-state index in [-0.39, 0.29) is 11.9 Å². The Morgan fingerprint density at radius 3 is 2.95 bits per heavy atom. The maximum Gasteiger partial charge on any atom is 0.239 e. The summed E-state index contributed by atoms with van der Waals surface area (Å²) in [5.74, 6) is 0.0643. The highest BCUT2D eigenvalue weighted by atomic mass is 35.5. The second-order valence-corrected chi connectivity index (χ2v) is 5.56. The standard InChI is InChI=1S/C15H22ClN3O/c1-3-6-17-11(2)13-5-4-12(9-14(13)16)19-8-7-18-15(20)10-19/h4-5,9,11,17H,3,6-8,10H2,1-2H3,(H,18,20). The lowest BCUT2D eigenvalue weighted by Crippen LogP contribution is -2.47. The predicted octanol–water partition coefficient (Wildman–Crippen LogP) is 2.34. The van der Waals surface area contributed by atoms with Crippen LogP contribution < -0.4 is 15.5 Å². The minimum absolute atomic E-state index is 0.0643. The van der Waals surface area contributed by atoms with E-state index in [4.69, 9.17) is 11.6 Å². The molecule has 4 nitrogen and oxygen atoms in total. The van der Waals surface area contributed by atoms with Gasteiger partial charge in [0.15, 0.2) is 0 Å². The van der Waals surface area contributed by atoms with Crippen molar-refractivity contribution >= 4 is 23.2 Å². The van der Waals surface area contributed by atoms with E-state index in [9.17, 15) is 4.79 Å². The fourth-order valence-electron chi connectivity index (χ4n) is 2.39. The Kier molecular flexibility index (Phi) is 5.26. The average Bonchev–Trinajstić information content (AvgIpc) is 2.44. The van der Waals surface area contributed by atoms with Crippen molar-refractivity contribution in [3.8, 4) is 0 Å². The molecule has 1 heterocycles. The second-order valence-electron chi connectivity index (χ2n) is 5.15. The zero-order chi connectivity index (χ0) is 14.5. The lowest BCUT2D eigenvalue weighted by Gasteiger charge is -2.29. The fourth-order valence-corrected chi connectivity index (χ4v) is 2.73. The molecule has 0 bridgehead atoms. The van der Waals surface area contributed by atoms with Crippen LogP contribution in [0.2, 0.25) is 5.02 Å². The number of rotatable bonds is 5. The van der Waals surface area contributed by atoms with Gasteiger partial charge in [-0.15, -0.1) is 0 Å². The van der Waals surface area contributed by atoms with Crippen molar-refractivity contribution in [2.75, 3.05) is 31.1 Å². The van der Waals surface area contributed by atoms with E-state index in [2.05, 4.69) is 35.4 Å². The summed E-state index contributed by atoms with van der Waals surface area (Å²) in [7, 11) is 0. The SMILES string of the molecule is CCCNC(C)c1ccc(N2CCNC(=O)C2)cc1Cl. The number of piperazine rings is 1. The molecule has 1 amide bonds. The van der Waals surface area contributed by atoms with Gasteiger partial charge in [-0.3, -0.25) is 4.79 Å². The third-order valence-electron chi connectivity index (χ3n) is 3.55. The predicted molar refractivity (Wildman–Crippen MR) is 83.4 cm³/mol. The van der Waals surface area contributed by atoms with Crippen LogP contribution in [0.1, 0.15) is 31.9 Å². The average molecular weight is 296 g/mol. The summed E-state index contributed by atoms with van der Waals surface area (Å²) in [6.45, 7) is 7.15. The molecule has 1 aliphatic heterocycles. The van der Waals surface area contributed by atoms with Crippen LogP contribution in [0.25, 0.3) is 0 Å². The van der Waals surface area contributed by atoms with Crippen molar-refractivity contribution in [2.24, 2.45) is 0 Å². The molecule has 1 aliphatic rings. The molecule has 1 aromatic rings. The molecule has 1 atom stereocenters. The molecule has 5 heteroatoms. The number of halogens is 1. The Labute approximate surface area is 125 Å².